The Morgan fingerprint density at radius 3 is 2.48 bits per heavy atom. The Kier molecular flexibility index (Phi) is 7.88. The Bertz CT molecular complexity index is 1480. The number of carboxylic acid groups (broad SMARTS) is 1. The van der Waals surface area contributed by atoms with Gasteiger partial charge in [-0.05, 0) is 85.9 Å². The number of rotatable bonds is 7. The number of carbonyl (C=O) groups excluding carboxylic acids is 1. The number of nitrogens with one attached hydrogen (secondary N) is 1. The van der Waals surface area contributed by atoms with E-state index in [-0.39, 0.29) is 48.8 Å². The van der Waals surface area contributed by atoms with Crippen molar-refractivity contribution in [3.8, 4) is 0 Å². The standard InChI is InChI=1S/C29H32F3N5O2.CH2O2/c1-27(7-4-8-27)33-14-18-9-22-23(24(10-18)29(30,31)32)15-37(25(22)39)21-6-3-5-20(11-21)28(12-19(13-28)16-38)26-35-34-17-36(26)2;2-1-3/h3,5-6,9-11,17,19,33,38H,4,7-8,12-16H2,1-2H3;1H,(H,2,3). The monoisotopic (exact) mass is 585 g/mol. The van der Waals surface area contributed by atoms with E-state index in [9.17, 15) is 23.1 Å². The highest BCUT2D eigenvalue weighted by atomic mass is 19.4. The highest BCUT2D eigenvalue weighted by Crippen LogP contribution is 2.52. The van der Waals surface area contributed by atoms with Gasteiger partial charge in [0.25, 0.3) is 12.4 Å². The molecule has 2 fully saturated rings. The number of alkyl halides is 3. The molecule has 0 unspecified atom stereocenters. The fraction of sp³-hybridized carbons (Fsp3) is 0.467. The number of benzene rings is 2. The quantitative estimate of drug-likeness (QED) is 0.351. The summed E-state index contributed by atoms with van der Waals surface area (Å²) in [5.74, 6) is 0.447. The van der Waals surface area contributed by atoms with Gasteiger partial charge in [-0.1, -0.05) is 12.1 Å². The topological polar surface area (TPSA) is 121 Å². The van der Waals surface area contributed by atoms with E-state index < -0.39 is 23.1 Å². The zero-order valence-electron chi connectivity index (χ0n) is 23.5. The number of aliphatic hydroxyl groups excluding tert-OH is 1. The molecule has 3 N–H and O–H groups in total. The highest BCUT2D eigenvalue weighted by Gasteiger charge is 2.50. The van der Waals surface area contributed by atoms with E-state index in [0.717, 1.165) is 30.7 Å². The van der Waals surface area contributed by atoms with Crippen LogP contribution in [0.3, 0.4) is 0 Å². The molecule has 1 aliphatic heterocycles. The van der Waals surface area contributed by atoms with Crippen molar-refractivity contribution in [3.05, 3.63) is 76.4 Å². The number of hydrogen-bond donors (Lipinski definition) is 3. The summed E-state index contributed by atoms with van der Waals surface area (Å²) >= 11 is 0. The molecule has 9 nitrogen and oxygen atoms in total. The van der Waals surface area contributed by atoms with Gasteiger partial charge in [0.1, 0.15) is 12.2 Å². The molecule has 2 saturated carbocycles. The zero-order valence-corrected chi connectivity index (χ0v) is 23.5. The van der Waals surface area contributed by atoms with Crippen LogP contribution in [-0.2, 0) is 36.5 Å². The molecule has 0 saturated heterocycles. The molecule has 12 heteroatoms. The van der Waals surface area contributed by atoms with Crippen LogP contribution in [0.5, 0.6) is 0 Å². The van der Waals surface area contributed by atoms with Gasteiger partial charge in [0.2, 0.25) is 0 Å². The first-order valence-corrected chi connectivity index (χ1v) is 13.9. The van der Waals surface area contributed by atoms with Gasteiger partial charge in [-0.15, -0.1) is 10.2 Å². The molecule has 42 heavy (non-hydrogen) atoms. The van der Waals surface area contributed by atoms with Crippen molar-refractivity contribution < 1.29 is 33.0 Å². The van der Waals surface area contributed by atoms with Gasteiger partial charge >= 0.3 is 6.18 Å². The summed E-state index contributed by atoms with van der Waals surface area (Å²) in [7, 11) is 1.87. The van der Waals surface area contributed by atoms with Crippen molar-refractivity contribution in [2.45, 2.75) is 69.2 Å². The van der Waals surface area contributed by atoms with Gasteiger partial charge in [0.05, 0.1) is 17.5 Å². The van der Waals surface area contributed by atoms with E-state index >= 15 is 0 Å². The van der Waals surface area contributed by atoms with Crippen LogP contribution >= 0.6 is 0 Å². The van der Waals surface area contributed by atoms with E-state index in [4.69, 9.17) is 9.90 Å². The largest absolute Gasteiger partial charge is 0.483 e. The van der Waals surface area contributed by atoms with Crippen LogP contribution in [-0.4, -0.2) is 49.5 Å². The van der Waals surface area contributed by atoms with Gasteiger partial charge in [-0.3, -0.25) is 9.59 Å². The number of aliphatic hydroxyl groups is 1. The Balaban J connectivity index is 0.00000113. The molecule has 0 radical (unpaired) electrons. The van der Waals surface area contributed by atoms with Crippen LogP contribution in [0, 0.1) is 5.92 Å². The van der Waals surface area contributed by atoms with E-state index in [1.165, 1.54) is 11.0 Å². The smallest absolute Gasteiger partial charge is 0.416 e. The third-order valence-corrected chi connectivity index (χ3v) is 8.97. The van der Waals surface area contributed by atoms with Crippen molar-refractivity contribution >= 4 is 18.1 Å². The molecule has 224 valence electrons. The fourth-order valence-electron chi connectivity index (χ4n) is 6.52. The third kappa shape index (κ3) is 5.29. The van der Waals surface area contributed by atoms with E-state index in [1.807, 2.05) is 29.8 Å². The third-order valence-electron chi connectivity index (χ3n) is 8.97. The number of aromatic nitrogens is 3. The molecular formula is C30H34F3N5O4. The maximum absolute atomic E-state index is 14.2. The molecular weight excluding hydrogens is 551 g/mol. The predicted molar refractivity (Wildman–Crippen MR) is 148 cm³/mol. The summed E-state index contributed by atoms with van der Waals surface area (Å²) in [6.45, 7) is 2.03. The minimum atomic E-state index is -4.57. The normalized spacial score (nSPS) is 22.5. The SMILES string of the molecule is Cn1cnnc1C1(c2cccc(N3Cc4c(cc(CNC5(C)CCC5)cc4C(F)(F)F)C3=O)c2)CC(CO)C1.O=CO. The highest BCUT2D eigenvalue weighted by molar-refractivity contribution is 6.10. The van der Waals surface area contributed by atoms with E-state index in [1.54, 1.807) is 18.5 Å². The second kappa shape index (κ2) is 11.1. The number of aryl methyl sites for hydroxylation is 1. The maximum atomic E-state index is 14.2. The minimum Gasteiger partial charge on any atom is -0.483 e. The number of nitrogens with zero attached hydrogens (tertiary/aromatic N) is 4. The molecule has 3 aromatic rings. The van der Waals surface area contributed by atoms with Crippen molar-refractivity contribution in [2.24, 2.45) is 13.0 Å². The lowest BCUT2D eigenvalue weighted by Crippen LogP contribution is -2.47. The van der Waals surface area contributed by atoms with Gasteiger partial charge in [0, 0.05) is 37.0 Å². The lowest BCUT2D eigenvalue weighted by atomic mass is 9.58. The van der Waals surface area contributed by atoms with E-state index in [0.29, 0.717) is 24.1 Å². The molecule has 1 aromatic heterocycles. The maximum Gasteiger partial charge on any atom is 0.416 e. The molecule has 2 aromatic carbocycles. The summed E-state index contributed by atoms with van der Waals surface area (Å²) in [5, 5.41) is 28.4. The van der Waals surface area contributed by atoms with Crippen molar-refractivity contribution in [3.63, 3.8) is 0 Å². The van der Waals surface area contributed by atoms with Crippen LogP contribution in [0.1, 0.15) is 77.5 Å². The van der Waals surface area contributed by atoms with Crippen molar-refractivity contribution in [1.82, 2.24) is 20.1 Å². The minimum absolute atomic E-state index is 0.0171. The van der Waals surface area contributed by atoms with Crippen molar-refractivity contribution in [1.29, 1.82) is 0 Å². The van der Waals surface area contributed by atoms with Crippen LogP contribution in [0.4, 0.5) is 18.9 Å². The lowest BCUT2D eigenvalue weighted by Gasteiger charge is -2.46. The second-order valence-corrected chi connectivity index (χ2v) is 11.8. The number of hydrogen-bond acceptors (Lipinski definition) is 6. The fourth-order valence-corrected chi connectivity index (χ4v) is 6.52. The molecule has 0 spiro atoms. The Labute approximate surface area is 241 Å². The summed E-state index contributed by atoms with van der Waals surface area (Å²) in [5.41, 5.74) is 0.728. The summed E-state index contributed by atoms with van der Waals surface area (Å²) < 4.78 is 44.4. The second-order valence-electron chi connectivity index (χ2n) is 11.8. The molecule has 3 aliphatic rings. The number of fused-ring (bicyclic) bond motifs is 1. The number of anilines is 1. The zero-order chi connectivity index (χ0) is 30.3. The molecule has 2 heterocycles. The Morgan fingerprint density at radius 2 is 1.90 bits per heavy atom. The van der Waals surface area contributed by atoms with Crippen LogP contribution in [0.15, 0.2) is 42.7 Å². The van der Waals surface area contributed by atoms with Gasteiger partial charge in [0.15, 0.2) is 0 Å². The average molecular weight is 586 g/mol. The average Bonchev–Trinajstić information content (AvgIpc) is 3.49. The molecule has 2 aliphatic carbocycles. The van der Waals surface area contributed by atoms with Crippen molar-refractivity contribution in [2.75, 3.05) is 11.5 Å². The first-order valence-electron chi connectivity index (χ1n) is 13.9. The molecule has 0 bridgehead atoms. The summed E-state index contributed by atoms with van der Waals surface area (Å²) in [6.07, 6.45) is 1.47. The molecule has 0 atom stereocenters. The number of amides is 1. The van der Waals surface area contributed by atoms with Gasteiger partial charge in [-0.25, -0.2) is 0 Å². The Morgan fingerprint density at radius 1 is 1.19 bits per heavy atom. The Hall–Kier alpha value is -3.77. The van der Waals surface area contributed by atoms with Crippen LogP contribution < -0.4 is 10.2 Å². The predicted octanol–water partition coefficient (Wildman–Crippen LogP) is 4.42. The first-order chi connectivity index (χ1) is 19.9. The number of halogens is 3. The first kappa shape index (κ1) is 29.7. The molecule has 1 amide bonds. The van der Waals surface area contributed by atoms with Crippen LogP contribution in [0.2, 0.25) is 0 Å². The molecule has 6 rings (SSSR count). The summed E-state index contributed by atoms with van der Waals surface area (Å²) in [6, 6.07) is 10.2. The van der Waals surface area contributed by atoms with Crippen LogP contribution in [0.25, 0.3) is 0 Å². The number of carbonyl (C=O) groups is 2. The van der Waals surface area contributed by atoms with E-state index in [2.05, 4.69) is 22.4 Å². The van der Waals surface area contributed by atoms with Gasteiger partial charge in [-0.2, -0.15) is 13.2 Å². The lowest BCUT2D eigenvalue weighted by molar-refractivity contribution is -0.138. The summed E-state index contributed by atoms with van der Waals surface area (Å²) in [4.78, 5) is 23.4. The van der Waals surface area contributed by atoms with Gasteiger partial charge < -0.3 is 25.0 Å².